The second kappa shape index (κ2) is 6.42. The van der Waals surface area contributed by atoms with Gasteiger partial charge in [0.2, 0.25) is 0 Å². The van der Waals surface area contributed by atoms with Crippen LogP contribution in [0.1, 0.15) is 40.5 Å². The molecule has 17 heavy (non-hydrogen) atoms. The van der Waals surface area contributed by atoms with E-state index in [1.165, 1.54) is 0 Å². The van der Waals surface area contributed by atoms with Crippen molar-refractivity contribution in [1.82, 2.24) is 9.55 Å². The normalized spacial score (nSPS) is 14.4. The van der Waals surface area contributed by atoms with Gasteiger partial charge in [-0.1, -0.05) is 20.3 Å². The lowest BCUT2D eigenvalue weighted by atomic mass is 10.0. The van der Waals surface area contributed by atoms with Crippen LogP contribution in [0.15, 0.2) is 17.2 Å². The highest BCUT2D eigenvalue weighted by Crippen LogP contribution is 2.11. The van der Waals surface area contributed by atoms with Gasteiger partial charge in [-0.3, -0.25) is 4.79 Å². The molecule has 0 fully saturated rings. The maximum absolute atomic E-state index is 11.9. The van der Waals surface area contributed by atoms with Gasteiger partial charge in [0.25, 0.3) is 5.56 Å². The number of aromatic nitrogens is 2. The fourth-order valence-corrected chi connectivity index (χ4v) is 1.86. The number of nitrogens with zero attached hydrogens (tertiary/aromatic N) is 2. The van der Waals surface area contributed by atoms with Crippen LogP contribution in [0.3, 0.4) is 0 Å². The Morgan fingerprint density at radius 3 is 2.71 bits per heavy atom. The van der Waals surface area contributed by atoms with Crippen LogP contribution in [-0.4, -0.2) is 15.6 Å². The van der Waals surface area contributed by atoms with Gasteiger partial charge >= 0.3 is 0 Å². The average molecular weight is 237 g/mol. The zero-order chi connectivity index (χ0) is 12.8. The van der Waals surface area contributed by atoms with Gasteiger partial charge < -0.3 is 9.88 Å². The van der Waals surface area contributed by atoms with E-state index in [2.05, 4.69) is 31.1 Å². The van der Waals surface area contributed by atoms with Crippen molar-refractivity contribution < 1.29 is 0 Å². The summed E-state index contributed by atoms with van der Waals surface area (Å²) in [6, 6.07) is 0.276. The molecule has 1 heterocycles. The van der Waals surface area contributed by atoms with Gasteiger partial charge in [-0.25, -0.2) is 4.98 Å². The van der Waals surface area contributed by atoms with Crippen molar-refractivity contribution >= 4 is 5.82 Å². The third-order valence-corrected chi connectivity index (χ3v) is 3.09. The molecular formula is C13H23N3O. The number of aryl methyl sites for hydroxylation is 1. The molecule has 2 unspecified atom stereocenters. The molecule has 0 saturated heterocycles. The predicted octanol–water partition coefficient (Wildman–Crippen LogP) is 2.50. The van der Waals surface area contributed by atoms with E-state index < -0.39 is 0 Å². The molecule has 2 atom stereocenters. The topological polar surface area (TPSA) is 46.9 Å². The molecule has 0 aromatic carbocycles. The number of anilines is 1. The second-order valence-corrected chi connectivity index (χ2v) is 4.66. The molecule has 0 amide bonds. The van der Waals surface area contributed by atoms with Gasteiger partial charge in [-0.15, -0.1) is 0 Å². The Hall–Kier alpha value is -1.32. The summed E-state index contributed by atoms with van der Waals surface area (Å²) < 4.78 is 1.66. The molecule has 1 aromatic rings. The third kappa shape index (κ3) is 3.88. The fraction of sp³-hybridized carbons (Fsp3) is 0.692. The first-order valence-corrected chi connectivity index (χ1v) is 6.40. The summed E-state index contributed by atoms with van der Waals surface area (Å²) in [5.74, 6) is 1.12. The molecular weight excluding hydrogens is 214 g/mol. The molecule has 4 nitrogen and oxygen atoms in total. The van der Waals surface area contributed by atoms with Crippen molar-refractivity contribution in [2.75, 3.05) is 5.32 Å². The Morgan fingerprint density at radius 1 is 1.41 bits per heavy atom. The lowest BCUT2D eigenvalue weighted by Crippen LogP contribution is -2.28. The van der Waals surface area contributed by atoms with E-state index in [1.54, 1.807) is 17.0 Å². The van der Waals surface area contributed by atoms with Crippen LogP contribution in [0.5, 0.6) is 0 Å². The first kappa shape index (κ1) is 13.7. The quantitative estimate of drug-likeness (QED) is 0.827. The van der Waals surface area contributed by atoms with Crippen molar-refractivity contribution in [2.24, 2.45) is 5.92 Å². The lowest BCUT2D eigenvalue weighted by molar-refractivity contribution is 0.482. The molecule has 0 saturated carbocycles. The Morgan fingerprint density at radius 2 is 2.12 bits per heavy atom. The zero-order valence-corrected chi connectivity index (χ0v) is 11.2. The number of hydrogen-bond donors (Lipinski definition) is 1. The molecule has 0 aliphatic rings. The van der Waals surface area contributed by atoms with E-state index in [0.717, 1.165) is 12.8 Å². The highest BCUT2D eigenvalue weighted by molar-refractivity contribution is 5.31. The van der Waals surface area contributed by atoms with Gasteiger partial charge in [0, 0.05) is 25.0 Å². The summed E-state index contributed by atoms with van der Waals surface area (Å²) >= 11 is 0. The highest BCUT2D eigenvalue weighted by atomic mass is 16.1. The van der Waals surface area contributed by atoms with Crippen molar-refractivity contribution in [1.29, 1.82) is 0 Å². The van der Waals surface area contributed by atoms with Crippen molar-refractivity contribution in [3.05, 3.63) is 22.7 Å². The largest absolute Gasteiger partial charge is 0.363 e. The van der Waals surface area contributed by atoms with Crippen LogP contribution in [0, 0.1) is 5.92 Å². The van der Waals surface area contributed by atoms with Crippen LogP contribution >= 0.6 is 0 Å². The van der Waals surface area contributed by atoms with E-state index in [1.807, 2.05) is 6.92 Å². The minimum Gasteiger partial charge on any atom is -0.363 e. The standard InChI is InChI=1S/C13H23N3O/c1-5-10(3)9-11(4)15-12-13(17)16(6-2)8-7-14-12/h7-8,10-11H,5-6,9H2,1-4H3,(H,14,15). The van der Waals surface area contributed by atoms with Crippen LogP contribution in [0.25, 0.3) is 0 Å². The fourth-order valence-electron chi connectivity index (χ4n) is 1.86. The monoisotopic (exact) mass is 237 g/mol. The zero-order valence-electron chi connectivity index (χ0n) is 11.2. The van der Waals surface area contributed by atoms with Crippen molar-refractivity contribution in [3.8, 4) is 0 Å². The van der Waals surface area contributed by atoms with Crippen LogP contribution in [0.4, 0.5) is 5.82 Å². The van der Waals surface area contributed by atoms with E-state index in [9.17, 15) is 4.79 Å². The first-order chi connectivity index (χ1) is 8.08. The molecule has 0 aliphatic carbocycles. The smallest absolute Gasteiger partial charge is 0.293 e. The minimum atomic E-state index is -0.0361. The van der Waals surface area contributed by atoms with Gasteiger partial charge in [-0.2, -0.15) is 0 Å². The predicted molar refractivity (Wildman–Crippen MR) is 71.3 cm³/mol. The van der Waals surface area contributed by atoms with E-state index in [-0.39, 0.29) is 11.6 Å². The Balaban J connectivity index is 2.71. The second-order valence-electron chi connectivity index (χ2n) is 4.66. The first-order valence-electron chi connectivity index (χ1n) is 6.40. The van der Waals surface area contributed by atoms with Crippen LogP contribution < -0.4 is 10.9 Å². The van der Waals surface area contributed by atoms with Gasteiger partial charge in [0.1, 0.15) is 0 Å². The highest BCUT2D eigenvalue weighted by Gasteiger charge is 2.10. The molecule has 96 valence electrons. The van der Waals surface area contributed by atoms with Gasteiger partial charge in [-0.05, 0) is 26.2 Å². The molecule has 0 aliphatic heterocycles. The molecule has 0 spiro atoms. The molecule has 0 radical (unpaired) electrons. The average Bonchev–Trinajstić information content (AvgIpc) is 2.31. The summed E-state index contributed by atoms with van der Waals surface area (Å²) in [6.07, 6.45) is 5.60. The third-order valence-electron chi connectivity index (χ3n) is 3.09. The summed E-state index contributed by atoms with van der Waals surface area (Å²) in [4.78, 5) is 16.0. The summed E-state index contributed by atoms with van der Waals surface area (Å²) in [7, 11) is 0. The van der Waals surface area contributed by atoms with Crippen LogP contribution in [-0.2, 0) is 6.54 Å². The lowest BCUT2D eigenvalue weighted by Gasteiger charge is -2.17. The van der Waals surface area contributed by atoms with Crippen molar-refractivity contribution in [3.63, 3.8) is 0 Å². The van der Waals surface area contributed by atoms with Gasteiger partial charge in [0.05, 0.1) is 0 Å². The summed E-state index contributed by atoms with van der Waals surface area (Å²) in [5, 5.41) is 3.21. The van der Waals surface area contributed by atoms with Crippen LogP contribution in [0.2, 0.25) is 0 Å². The molecule has 0 bridgehead atoms. The summed E-state index contributed by atoms with van der Waals surface area (Å²) in [5.41, 5.74) is -0.0361. The maximum atomic E-state index is 11.9. The Kier molecular flexibility index (Phi) is 5.19. The van der Waals surface area contributed by atoms with E-state index in [0.29, 0.717) is 18.3 Å². The van der Waals surface area contributed by atoms with E-state index in [4.69, 9.17) is 0 Å². The summed E-state index contributed by atoms with van der Waals surface area (Å²) in [6.45, 7) is 9.13. The molecule has 1 rings (SSSR count). The number of rotatable bonds is 6. The van der Waals surface area contributed by atoms with E-state index >= 15 is 0 Å². The molecule has 1 N–H and O–H groups in total. The number of nitrogens with one attached hydrogen (secondary N) is 1. The minimum absolute atomic E-state index is 0.0361. The molecule has 4 heteroatoms. The Bertz CT molecular complexity index is 400. The Labute approximate surface area is 103 Å². The number of hydrogen-bond acceptors (Lipinski definition) is 3. The van der Waals surface area contributed by atoms with Gasteiger partial charge in [0.15, 0.2) is 5.82 Å². The molecule has 1 aromatic heterocycles. The van der Waals surface area contributed by atoms with Crippen molar-refractivity contribution in [2.45, 2.75) is 53.1 Å². The SMILES string of the molecule is CCC(C)CC(C)Nc1nccn(CC)c1=O. The maximum Gasteiger partial charge on any atom is 0.293 e.